The van der Waals surface area contributed by atoms with E-state index in [9.17, 15) is 19.4 Å². The highest BCUT2D eigenvalue weighted by Gasteiger charge is 2.24. The van der Waals surface area contributed by atoms with Gasteiger partial charge in [-0.1, -0.05) is 179 Å². The van der Waals surface area contributed by atoms with Crippen molar-refractivity contribution in [2.75, 3.05) is 40.9 Å². The number of quaternary nitrogens is 1. The second-order valence-corrected chi connectivity index (χ2v) is 18.2. The lowest BCUT2D eigenvalue weighted by Crippen LogP contribution is -2.46. The monoisotopic (exact) mass is 797 g/mol. The number of aliphatic hydroxyl groups excluding tert-OH is 1. The van der Waals surface area contributed by atoms with E-state index in [1.54, 1.807) is 0 Å². The molecule has 0 radical (unpaired) electrons. The third-order valence-electron chi connectivity index (χ3n) is 10.1. The Labute approximate surface area is 340 Å². The number of rotatable bonds is 41. The Morgan fingerprint density at radius 3 is 1.53 bits per heavy atom. The maximum Gasteiger partial charge on any atom is 0.268 e. The lowest BCUT2D eigenvalue weighted by Gasteiger charge is -2.30. The van der Waals surface area contributed by atoms with Gasteiger partial charge in [-0.25, -0.2) is 0 Å². The van der Waals surface area contributed by atoms with Crippen LogP contribution < -0.4 is 10.2 Å². The van der Waals surface area contributed by atoms with Crippen LogP contribution in [0.25, 0.3) is 0 Å². The van der Waals surface area contributed by atoms with Gasteiger partial charge in [0.2, 0.25) is 5.91 Å². The molecule has 3 unspecified atom stereocenters. The molecular weight excluding hydrogens is 707 g/mol. The van der Waals surface area contributed by atoms with Crippen LogP contribution in [0.2, 0.25) is 0 Å². The van der Waals surface area contributed by atoms with E-state index in [0.717, 1.165) is 51.4 Å². The molecule has 8 nitrogen and oxygen atoms in total. The predicted molar refractivity (Wildman–Crippen MR) is 233 cm³/mol. The summed E-state index contributed by atoms with van der Waals surface area (Å²) in [5, 5.41) is 13.7. The topological polar surface area (TPSA) is 108 Å². The quantitative estimate of drug-likeness (QED) is 0.0276. The molecule has 0 aliphatic carbocycles. The molecule has 0 rings (SSSR count). The highest BCUT2D eigenvalue weighted by Crippen LogP contribution is 2.38. The van der Waals surface area contributed by atoms with Gasteiger partial charge < -0.3 is 28.8 Å². The van der Waals surface area contributed by atoms with E-state index in [1.165, 1.54) is 122 Å². The van der Waals surface area contributed by atoms with Gasteiger partial charge in [0.25, 0.3) is 7.82 Å². The Morgan fingerprint density at radius 2 is 1.05 bits per heavy atom. The molecule has 2 N–H and O–H groups in total. The Morgan fingerprint density at radius 1 is 0.636 bits per heavy atom. The molecule has 324 valence electrons. The molecule has 0 heterocycles. The fourth-order valence-corrected chi connectivity index (χ4v) is 7.18. The largest absolute Gasteiger partial charge is 0.756 e. The number of phosphoric acid groups is 1. The van der Waals surface area contributed by atoms with Crippen LogP contribution in [0.1, 0.15) is 200 Å². The number of aliphatic hydroxyl groups is 1. The Balaban J connectivity index is 4.01. The number of likely N-dealkylation sites (N-methyl/N-ethyl adjacent to an activating group) is 1. The van der Waals surface area contributed by atoms with Gasteiger partial charge >= 0.3 is 0 Å². The van der Waals surface area contributed by atoms with Crippen molar-refractivity contribution in [3.63, 3.8) is 0 Å². The fourth-order valence-electron chi connectivity index (χ4n) is 6.46. The lowest BCUT2D eigenvalue weighted by molar-refractivity contribution is -0.870. The summed E-state index contributed by atoms with van der Waals surface area (Å²) in [5.74, 6) is -0.173. The van der Waals surface area contributed by atoms with Crippen molar-refractivity contribution in [1.82, 2.24) is 5.32 Å². The minimum Gasteiger partial charge on any atom is -0.756 e. The summed E-state index contributed by atoms with van der Waals surface area (Å²) in [7, 11) is 1.30. The first-order chi connectivity index (χ1) is 26.5. The number of hydrogen-bond acceptors (Lipinski definition) is 6. The average molecular weight is 797 g/mol. The molecule has 0 saturated carbocycles. The van der Waals surface area contributed by atoms with E-state index < -0.39 is 20.0 Å². The molecule has 9 heteroatoms. The van der Waals surface area contributed by atoms with E-state index in [-0.39, 0.29) is 19.1 Å². The zero-order chi connectivity index (χ0) is 40.7. The van der Waals surface area contributed by atoms with Gasteiger partial charge in [0.05, 0.1) is 39.9 Å². The minimum absolute atomic E-state index is 0.0107. The fraction of sp³-hybridized carbons (Fsp3) is 0.848. The molecule has 0 aromatic rings. The smallest absolute Gasteiger partial charge is 0.268 e. The number of carbonyl (C=O) groups excluding carboxylic acids is 1. The number of nitrogens with one attached hydrogen (secondary N) is 1. The molecule has 0 spiro atoms. The van der Waals surface area contributed by atoms with Crippen LogP contribution in [0.15, 0.2) is 36.5 Å². The molecule has 0 aromatic heterocycles. The number of nitrogens with zero attached hydrogens (tertiary/aromatic N) is 1. The minimum atomic E-state index is -4.55. The van der Waals surface area contributed by atoms with E-state index >= 15 is 0 Å². The molecule has 55 heavy (non-hydrogen) atoms. The van der Waals surface area contributed by atoms with Gasteiger partial charge in [0, 0.05) is 6.42 Å². The van der Waals surface area contributed by atoms with Crippen LogP contribution in [0.4, 0.5) is 0 Å². The van der Waals surface area contributed by atoms with Gasteiger partial charge in [-0.3, -0.25) is 9.36 Å². The summed E-state index contributed by atoms with van der Waals surface area (Å²) in [6.45, 7) is 4.63. The van der Waals surface area contributed by atoms with Crippen molar-refractivity contribution < 1.29 is 32.9 Å². The van der Waals surface area contributed by atoms with Gasteiger partial charge in [-0.05, 0) is 51.4 Å². The zero-order valence-electron chi connectivity index (χ0n) is 36.6. The van der Waals surface area contributed by atoms with Gasteiger partial charge in [-0.15, -0.1) is 0 Å². The first kappa shape index (κ1) is 53.7. The van der Waals surface area contributed by atoms with Crippen LogP contribution in [-0.4, -0.2) is 68.5 Å². The Kier molecular flexibility index (Phi) is 37.4. The van der Waals surface area contributed by atoms with Crippen molar-refractivity contribution in [2.45, 2.75) is 212 Å². The first-order valence-corrected chi connectivity index (χ1v) is 24.3. The molecule has 1 amide bonds. The summed E-state index contributed by atoms with van der Waals surface area (Å²) in [5.41, 5.74) is 0. The van der Waals surface area contributed by atoms with Crippen molar-refractivity contribution in [3.8, 4) is 0 Å². The summed E-state index contributed by atoms with van der Waals surface area (Å²) in [6, 6.07) is -0.797. The zero-order valence-corrected chi connectivity index (χ0v) is 37.5. The lowest BCUT2D eigenvalue weighted by atomic mass is 10.0. The molecular formula is C46H89N2O6P. The highest BCUT2D eigenvalue weighted by atomic mass is 31.2. The SMILES string of the molecule is CCCCCCC/C=C\C/C=C\C/C=C\CCCCCCCCCCCCCCC(=O)NC(COP(=O)([O-])OCC[N+](C)(C)C)C(O)CCCCCCCC. The molecule has 0 saturated heterocycles. The maximum absolute atomic E-state index is 12.8. The second-order valence-electron chi connectivity index (χ2n) is 16.8. The van der Waals surface area contributed by atoms with E-state index in [4.69, 9.17) is 9.05 Å². The maximum atomic E-state index is 12.8. The Hall–Kier alpha value is -1.28. The first-order valence-electron chi connectivity index (χ1n) is 22.8. The second kappa shape index (κ2) is 38.2. The van der Waals surface area contributed by atoms with Gasteiger partial charge in [0.1, 0.15) is 13.2 Å². The van der Waals surface area contributed by atoms with Crippen molar-refractivity contribution in [2.24, 2.45) is 0 Å². The predicted octanol–water partition coefficient (Wildman–Crippen LogP) is 12.1. The molecule has 0 aromatic carbocycles. The number of amides is 1. The molecule has 3 atom stereocenters. The summed E-state index contributed by atoms with van der Waals surface area (Å²) >= 11 is 0. The molecule has 0 bridgehead atoms. The van der Waals surface area contributed by atoms with Crippen molar-refractivity contribution in [3.05, 3.63) is 36.5 Å². The number of unbranched alkanes of at least 4 members (excludes halogenated alkanes) is 22. The normalized spacial score (nSPS) is 14.7. The average Bonchev–Trinajstić information content (AvgIpc) is 3.13. The van der Waals surface area contributed by atoms with Gasteiger partial charge in [-0.2, -0.15) is 0 Å². The highest BCUT2D eigenvalue weighted by molar-refractivity contribution is 7.45. The number of phosphoric ester groups is 1. The van der Waals surface area contributed by atoms with Crippen LogP contribution >= 0.6 is 7.82 Å². The van der Waals surface area contributed by atoms with Crippen LogP contribution in [0.3, 0.4) is 0 Å². The van der Waals surface area contributed by atoms with Crippen LogP contribution in [0.5, 0.6) is 0 Å². The van der Waals surface area contributed by atoms with E-state index in [0.29, 0.717) is 23.9 Å². The molecule has 0 aliphatic rings. The third-order valence-corrected chi connectivity index (χ3v) is 11.1. The molecule has 0 fully saturated rings. The van der Waals surface area contributed by atoms with Crippen molar-refractivity contribution in [1.29, 1.82) is 0 Å². The van der Waals surface area contributed by atoms with E-state index in [2.05, 4.69) is 55.6 Å². The molecule has 0 aliphatic heterocycles. The van der Waals surface area contributed by atoms with Crippen LogP contribution in [0, 0.1) is 0 Å². The summed E-state index contributed by atoms with van der Waals surface area (Å²) in [6.07, 6.45) is 46.2. The standard InChI is InChI=1S/C46H89N2O6P/c1-6-8-10-12-14-15-16-17-18-19-20-21-22-23-24-25-26-27-28-29-30-31-32-33-34-36-38-40-46(50)47-44(45(49)39-37-35-13-11-9-7-2)43-54-55(51,52)53-42-41-48(3,4)5/h16-17,19-20,22-23,44-45,49H,6-15,18,21,24-43H2,1-5H3,(H-,47,50,51,52)/b17-16-,20-19-,23-22-. The summed E-state index contributed by atoms with van der Waals surface area (Å²) < 4.78 is 23.1. The van der Waals surface area contributed by atoms with E-state index in [1.807, 2.05) is 21.1 Å². The number of hydrogen-bond donors (Lipinski definition) is 2. The third kappa shape index (κ3) is 40.7. The Bertz CT molecular complexity index is 995. The number of allylic oxidation sites excluding steroid dienone is 6. The van der Waals surface area contributed by atoms with Crippen molar-refractivity contribution >= 4 is 13.7 Å². The summed E-state index contributed by atoms with van der Waals surface area (Å²) in [4.78, 5) is 25.2. The number of carbonyl (C=O) groups is 1. The van der Waals surface area contributed by atoms with Gasteiger partial charge in [0.15, 0.2) is 0 Å². The van der Waals surface area contributed by atoms with Crippen LogP contribution in [-0.2, 0) is 18.4 Å².